The Morgan fingerprint density at radius 2 is 1.84 bits per heavy atom. The van der Waals surface area contributed by atoms with Crippen molar-refractivity contribution in [3.05, 3.63) is 0 Å². The number of nitrogens with zero attached hydrogens (tertiary/aromatic N) is 1. The Balaban J connectivity index is 2.03. The molecule has 0 aromatic heterocycles. The molecule has 2 fully saturated rings. The van der Waals surface area contributed by atoms with Gasteiger partial charge >= 0.3 is 0 Å². The van der Waals surface area contributed by atoms with E-state index in [1.54, 1.807) is 0 Å². The molecule has 0 aromatic rings. The van der Waals surface area contributed by atoms with Crippen molar-refractivity contribution in [2.75, 3.05) is 13.6 Å². The first kappa shape index (κ1) is 15.3. The minimum atomic E-state index is 0.726. The second-order valence-electron chi connectivity index (χ2n) is 7.30. The van der Waals surface area contributed by atoms with E-state index in [0.717, 1.165) is 35.9 Å². The number of hydrogen-bond acceptors (Lipinski definition) is 2. The summed E-state index contributed by atoms with van der Waals surface area (Å²) < 4.78 is 0. The van der Waals surface area contributed by atoms with Gasteiger partial charge in [0.25, 0.3) is 0 Å². The van der Waals surface area contributed by atoms with E-state index in [0.29, 0.717) is 0 Å². The van der Waals surface area contributed by atoms with Crippen LogP contribution in [0.1, 0.15) is 59.8 Å². The molecular formula is C17H34N2. The molecule has 6 atom stereocenters. The van der Waals surface area contributed by atoms with Gasteiger partial charge in [0, 0.05) is 24.7 Å². The molecule has 1 aliphatic carbocycles. The van der Waals surface area contributed by atoms with Crippen molar-refractivity contribution in [2.24, 2.45) is 17.8 Å². The van der Waals surface area contributed by atoms with E-state index in [9.17, 15) is 0 Å². The monoisotopic (exact) mass is 266 g/mol. The third-order valence-corrected chi connectivity index (χ3v) is 5.89. The number of nitrogens with one attached hydrogen (secondary N) is 1. The highest BCUT2D eigenvalue weighted by molar-refractivity contribution is 4.92. The molecule has 0 aromatic carbocycles. The normalized spacial score (nSPS) is 44.7. The van der Waals surface area contributed by atoms with Crippen LogP contribution in [0.3, 0.4) is 0 Å². The zero-order valence-electron chi connectivity index (χ0n) is 13.7. The van der Waals surface area contributed by atoms with Crippen molar-refractivity contribution in [1.29, 1.82) is 0 Å². The minimum Gasteiger partial charge on any atom is -0.317 e. The maximum atomic E-state index is 3.61. The molecule has 1 N–H and O–H groups in total. The Kier molecular flexibility index (Phi) is 5.30. The Labute approximate surface area is 120 Å². The summed E-state index contributed by atoms with van der Waals surface area (Å²) in [7, 11) is 2.16. The lowest BCUT2D eigenvalue weighted by Crippen LogP contribution is -2.50. The van der Waals surface area contributed by atoms with Gasteiger partial charge in [-0.1, -0.05) is 20.8 Å². The van der Waals surface area contributed by atoms with Gasteiger partial charge in [-0.25, -0.2) is 0 Å². The average molecular weight is 266 g/mol. The second kappa shape index (κ2) is 6.58. The Bertz CT molecular complexity index is 278. The largest absolute Gasteiger partial charge is 0.317 e. The summed E-state index contributed by atoms with van der Waals surface area (Å²) in [6.45, 7) is 11.0. The number of rotatable bonds is 4. The predicted molar refractivity (Wildman–Crippen MR) is 83.4 cm³/mol. The van der Waals surface area contributed by atoms with Crippen LogP contribution < -0.4 is 5.32 Å². The first-order chi connectivity index (χ1) is 9.06. The van der Waals surface area contributed by atoms with Gasteiger partial charge in [0.05, 0.1) is 0 Å². The third kappa shape index (κ3) is 3.33. The van der Waals surface area contributed by atoms with Gasteiger partial charge in [-0.3, -0.25) is 4.90 Å². The van der Waals surface area contributed by atoms with Crippen LogP contribution in [0.4, 0.5) is 0 Å². The molecule has 0 amide bonds. The molecule has 6 unspecified atom stereocenters. The van der Waals surface area contributed by atoms with E-state index in [2.05, 4.69) is 45.0 Å². The summed E-state index contributed by atoms with van der Waals surface area (Å²) >= 11 is 0. The Morgan fingerprint density at radius 3 is 2.47 bits per heavy atom. The maximum absolute atomic E-state index is 3.61. The van der Waals surface area contributed by atoms with Gasteiger partial charge in [-0.15, -0.1) is 0 Å². The van der Waals surface area contributed by atoms with Crippen LogP contribution in [-0.2, 0) is 0 Å². The highest BCUT2D eigenvalue weighted by Gasteiger charge is 2.38. The Morgan fingerprint density at radius 1 is 1.11 bits per heavy atom. The number of likely N-dealkylation sites (tertiary alicyclic amines) is 1. The van der Waals surface area contributed by atoms with E-state index in [4.69, 9.17) is 0 Å². The fourth-order valence-corrected chi connectivity index (χ4v) is 4.69. The molecule has 1 saturated heterocycles. The number of hydrogen-bond donors (Lipinski definition) is 1. The fourth-order valence-electron chi connectivity index (χ4n) is 4.69. The third-order valence-electron chi connectivity index (χ3n) is 5.89. The molecule has 2 rings (SSSR count). The average Bonchev–Trinajstić information content (AvgIpc) is 2.73. The highest BCUT2D eigenvalue weighted by atomic mass is 15.2. The molecule has 0 spiro atoms. The van der Waals surface area contributed by atoms with Crippen molar-refractivity contribution in [1.82, 2.24) is 10.2 Å². The fraction of sp³-hybridized carbons (Fsp3) is 1.00. The van der Waals surface area contributed by atoms with Crippen LogP contribution in [0.5, 0.6) is 0 Å². The topological polar surface area (TPSA) is 15.3 Å². The van der Waals surface area contributed by atoms with Crippen LogP contribution in [0.2, 0.25) is 0 Å². The van der Waals surface area contributed by atoms with Crippen LogP contribution in [-0.4, -0.2) is 36.6 Å². The standard InChI is InChI=1S/C17H34N2/c1-6-15-8-7-14(4)19(15)11-16-13(3)9-12(2)10-17(16)18-5/h12-18H,6-11H2,1-5H3. The van der Waals surface area contributed by atoms with Gasteiger partial charge in [0.2, 0.25) is 0 Å². The van der Waals surface area contributed by atoms with Crippen molar-refractivity contribution < 1.29 is 0 Å². The van der Waals surface area contributed by atoms with E-state index < -0.39 is 0 Å². The molecule has 2 heteroatoms. The van der Waals surface area contributed by atoms with Crippen LogP contribution in [0.15, 0.2) is 0 Å². The van der Waals surface area contributed by atoms with Crippen LogP contribution >= 0.6 is 0 Å². The second-order valence-corrected chi connectivity index (χ2v) is 7.30. The zero-order chi connectivity index (χ0) is 14.0. The zero-order valence-corrected chi connectivity index (χ0v) is 13.7. The first-order valence-corrected chi connectivity index (χ1v) is 8.49. The lowest BCUT2D eigenvalue weighted by atomic mass is 9.72. The molecular weight excluding hydrogens is 232 g/mol. The van der Waals surface area contributed by atoms with E-state index in [-0.39, 0.29) is 0 Å². The summed E-state index contributed by atoms with van der Waals surface area (Å²) in [5.74, 6) is 2.60. The Hall–Kier alpha value is -0.0800. The first-order valence-electron chi connectivity index (χ1n) is 8.49. The molecule has 112 valence electrons. The summed E-state index contributed by atoms with van der Waals surface area (Å²) in [4.78, 5) is 2.82. The lowest BCUT2D eigenvalue weighted by molar-refractivity contribution is 0.0817. The maximum Gasteiger partial charge on any atom is 0.0110 e. The van der Waals surface area contributed by atoms with E-state index in [1.165, 1.54) is 38.6 Å². The predicted octanol–water partition coefficient (Wildman–Crippen LogP) is 3.52. The van der Waals surface area contributed by atoms with Gasteiger partial charge in [0.15, 0.2) is 0 Å². The van der Waals surface area contributed by atoms with Gasteiger partial charge in [-0.2, -0.15) is 0 Å². The summed E-state index contributed by atoms with van der Waals surface area (Å²) in [6, 6.07) is 2.37. The summed E-state index contributed by atoms with van der Waals surface area (Å²) in [5.41, 5.74) is 0. The smallest absolute Gasteiger partial charge is 0.0110 e. The van der Waals surface area contributed by atoms with E-state index in [1.807, 2.05) is 0 Å². The molecule has 1 saturated carbocycles. The molecule has 2 nitrogen and oxygen atoms in total. The summed E-state index contributed by atoms with van der Waals surface area (Å²) in [6.07, 6.45) is 6.93. The van der Waals surface area contributed by atoms with Gasteiger partial charge < -0.3 is 5.32 Å². The van der Waals surface area contributed by atoms with Crippen molar-refractivity contribution in [3.63, 3.8) is 0 Å². The van der Waals surface area contributed by atoms with Crippen LogP contribution in [0.25, 0.3) is 0 Å². The highest BCUT2D eigenvalue weighted by Crippen LogP contribution is 2.36. The van der Waals surface area contributed by atoms with Gasteiger partial charge in [-0.05, 0) is 63.8 Å². The molecule has 1 aliphatic heterocycles. The van der Waals surface area contributed by atoms with Crippen molar-refractivity contribution in [3.8, 4) is 0 Å². The van der Waals surface area contributed by atoms with Crippen molar-refractivity contribution in [2.45, 2.75) is 77.9 Å². The van der Waals surface area contributed by atoms with Crippen molar-refractivity contribution >= 4 is 0 Å². The lowest BCUT2D eigenvalue weighted by Gasteiger charge is -2.43. The molecule has 0 bridgehead atoms. The molecule has 1 heterocycles. The van der Waals surface area contributed by atoms with Crippen LogP contribution in [0, 0.1) is 17.8 Å². The quantitative estimate of drug-likeness (QED) is 0.837. The summed E-state index contributed by atoms with van der Waals surface area (Å²) in [5, 5.41) is 3.61. The minimum absolute atomic E-state index is 0.726. The molecule has 0 radical (unpaired) electrons. The van der Waals surface area contributed by atoms with E-state index >= 15 is 0 Å². The SMILES string of the molecule is CCC1CCC(C)N1CC1C(C)CC(C)CC1NC. The molecule has 2 aliphatic rings. The molecule has 19 heavy (non-hydrogen) atoms. The van der Waals surface area contributed by atoms with Gasteiger partial charge in [0.1, 0.15) is 0 Å².